The summed E-state index contributed by atoms with van der Waals surface area (Å²) in [6, 6.07) is 7.23. The van der Waals surface area contributed by atoms with Gasteiger partial charge in [0.05, 0.1) is 0 Å². The highest BCUT2D eigenvalue weighted by Gasteiger charge is 2.17. The van der Waals surface area contributed by atoms with Crippen LogP contribution in [0.5, 0.6) is 5.75 Å². The van der Waals surface area contributed by atoms with Gasteiger partial charge in [-0.1, -0.05) is 18.2 Å². The molecule has 1 rings (SSSR count). The maximum Gasteiger partial charge on any atom is 0.346 e. The van der Waals surface area contributed by atoms with Crippen LogP contribution in [0.15, 0.2) is 24.3 Å². The summed E-state index contributed by atoms with van der Waals surface area (Å²) in [5.41, 5.74) is 6.16. The number of hydrogen-bond donors (Lipinski definition) is 2. The van der Waals surface area contributed by atoms with Crippen LogP contribution in [0.1, 0.15) is 5.56 Å². The van der Waals surface area contributed by atoms with Gasteiger partial charge in [-0.25, -0.2) is 4.79 Å². The molecule has 3 N–H and O–H groups in total. The van der Waals surface area contributed by atoms with Crippen molar-refractivity contribution >= 4 is 5.97 Å². The number of aryl methyl sites for hydroxylation is 1. The van der Waals surface area contributed by atoms with Crippen molar-refractivity contribution < 1.29 is 14.6 Å². The Balaban J connectivity index is 2.77. The molecule has 14 heavy (non-hydrogen) atoms. The molecule has 0 fully saturated rings. The molecule has 1 atom stereocenters. The lowest BCUT2D eigenvalue weighted by Crippen LogP contribution is -2.34. The zero-order valence-corrected chi connectivity index (χ0v) is 7.93. The molecule has 76 valence electrons. The number of para-hydroxylation sites is 1. The van der Waals surface area contributed by atoms with Crippen molar-refractivity contribution in [2.24, 2.45) is 5.73 Å². The first-order chi connectivity index (χ1) is 6.65. The number of ether oxygens (including phenoxy) is 1. The van der Waals surface area contributed by atoms with Crippen molar-refractivity contribution in [3.05, 3.63) is 29.8 Å². The number of hydrogen-bond acceptors (Lipinski definition) is 3. The lowest BCUT2D eigenvalue weighted by Gasteiger charge is -2.14. The Morgan fingerprint density at radius 1 is 1.57 bits per heavy atom. The summed E-state index contributed by atoms with van der Waals surface area (Å²) in [4.78, 5) is 10.6. The van der Waals surface area contributed by atoms with Crippen molar-refractivity contribution in [1.29, 1.82) is 0 Å². The molecule has 1 aromatic rings. The normalized spacial score (nSPS) is 12.1. The first kappa shape index (κ1) is 10.5. The van der Waals surface area contributed by atoms with Gasteiger partial charge in [0.25, 0.3) is 0 Å². The molecule has 1 unspecified atom stereocenters. The molecule has 0 heterocycles. The van der Waals surface area contributed by atoms with Crippen LogP contribution in [-0.4, -0.2) is 23.7 Å². The number of carboxylic acids is 1. The van der Waals surface area contributed by atoms with Crippen molar-refractivity contribution in [3.8, 4) is 5.75 Å². The van der Waals surface area contributed by atoms with Crippen LogP contribution in [0.3, 0.4) is 0 Å². The molecular weight excluding hydrogens is 182 g/mol. The second kappa shape index (κ2) is 4.62. The minimum atomic E-state index is -1.05. The molecule has 4 heteroatoms. The summed E-state index contributed by atoms with van der Waals surface area (Å²) in [7, 11) is 0. The third kappa shape index (κ3) is 2.47. The predicted octanol–water partition coefficient (Wildman–Crippen LogP) is 0.786. The van der Waals surface area contributed by atoms with E-state index in [1.54, 1.807) is 12.1 Å². The van der Waals surface area contributed by atoms with Crippen LogP contribution in [0, 0.1) is 6.92 Å². The third-order valence-corrected chi connectivity index (χ3v) is 1.85. The average molecular weight is 195 g/mol. The lowest BCUT2D eigenvalue weighted by molar-refractivity contribution is -0.144. The van der Waals surface area contributed by atoms with E-state index in [1.165, 1.54) is 0 Å². The average Bonchev–Trinajstić information content (AvgIpc) is 2.16. The highest BCUT2D eigenvalue weighted by atomic mass is 16.5. The molecule has 0 spiro atoms. The monoisotopic (exact) mass is 195 g/mol. The van der Waals surface area contributed by atoms with E-state index in [4.69, 9.17) is 15.6 Å². The van der Waals surface area contributed by atoms with E-state index < -0.39 is 12.1 Å². The number of benzene rings is 1. The fraction of sp³-hybridized carbons (Fsp3) is 0.300. The van der Waals surface area contributed by atoms with E-state index in [1.807, 2.05) is 19.1 Å². The highest BCUT2D eigenvalue weighted by molar-refractivity contribution is 5.73. The first-order valence-corrected chi connectivity index (χ1v) is 4.30. The largest absolute Gasteiger partial charge is 0.478 e. The second-order valence-electron chi connectivity index (χ2n) is 2.95. The van der Waals surface area contributed by atoms with Crippen LogP contribution in [0.4, 0.5) is 0 Å². The molecule has 0 aliphatic rings. The Bertz CT molecular complexity index is 325. The lowest BCUT2D eigenvalue weighted by atomic mass is 10.2. The van der Waals surface area contributed by atoms with Gasteiger partial charge in [0.2, 0.25) is 6.10 Å². The molecular formula is C10H13NO3. The van der Waals surface area contributed by atoms with Crippen molar-refractivity contribution in [2.75, 3.05) is 6.54 Å². The van der Waals surface area contributed by atoms with Gasteiger partial charge in [-0.15, -0.1) is 0 Å². The Morgan fingerprint density at radius 3 is 2.71 bits per heavy atom. The topological polar surface area (TPSA) is 72.5 Å². The summed E-state index contributed by atoms with van der Waals surface area (Å²) in [5.74, 6) is -0.485. The molecule has 0 amide bonds. The fourth-order valence-electron chi connectivity index (χ4n) is 1.04. The SMILES string of the molecule is Cc1ccccc1OC(CN)C(=O)O. The number of nitrogens with two attached hydrogens (primary N) is 1. The molecule has 0 radical (unpaired) electrons. The number of carbonyl (C=O) groups is 1. The van der Waals surface area contributed by atoms with Gasteiger partial charge in [0, 0.05) is 6.54 Å². The van der Waals surface area contributed by atoms with Crippen LogP contribution in [0.2, 0.25) is 0 Å². The van der Waals surface area contributed by atoms with E-state index >= 15 is 0 Å². The number of carboxylic acid groups (broad SMARTS) is 1. The molecule has 0 aliphatic carbocycles. The van der Waals surface area contributed by atoms with E-state index in [0.717, 1.165) is 5.56 Å². The van der Waals surface area contributed by atoms with E-state index in [9.17, 15) is 4.79 Å². The standard InChI is InChI=1S/C10H13NO3/c1-7-4-2-3-5-8(7)14-9(6-11)10(12)13/h2-5,9H,6,11H2,1H3,(H,12,13). The Morgan fingerprint density at radius 2 is 2.21 bits per heavy atom. The van der Waals surface area contributed by atoms with Gasteiger partial charge in [-0.3, -0.25) is 0 Å². The summed E-state index contributed by atoms with van der Waals surface area (Å²) in [6.07, 6.45) is -0.976. The highest BCUT2D eigenvalue weighted by Crippen LogP contribution is 2.17. The molecule has 0 aromatic heterocycles. The quantitative estimate of drug-likeness (QED) is 0.744. The van der Waals surface area contributed by atoms with Crippen LogP contribution >= 0.6 is 0 Å². The third-order valence-electron chi connectivity index (χ3n) is 1.85. The summed E-state index contributed by atoms with van der Waals surface area (Å²) in [5, 5.41) is 8.72. The fourth-order valence-corrected chi connectivity index (χ4v) is 1.04. The summed E-state index contributed by atoms with van der Waals surface area (Å²) >= 11 is 0. The smallest absolute Gasteiger partial charge is 0.346 e. The Kier molecular flexibility index (Phi) is 3.48. The van der Waals surface area contributed by atoms with Gasteiger partial charge in [0.1, 0.15) is 5.75 Å². The zero-order chi connectivity index (χ0) is 10.6. The van der Waals surface area contributed by atoms with Gasteiger partial charge in [-0.2, -0.15) is 0 Å². The van der Waals surface area contributed by atoms with E-state index in [2.05, 4.69) is 0 Å². The molecule has 0 bridgehead atoms. The predicted molar refractivity (Wildman–Crippen MR) is 52.3 cm³/mol. The van der Waals surface area contributed by atoms with Gasteiger partial charge >= 0.3 is 5.97 Å². The minimum Gasteiger partial charge on any atom is -0.478 e. The zero-order valence-electron chi connectivity index (χ0n) is 7.93. The second-order valence-corrected chi connectivity index (χ2v) is 2.95. The van der Waals surface area contributed by atoms with Crippen molar-refractivity contribution in [2.45, 2.75) is 13.0 Å². The van der Waals surface area contributed by atoms with Gasteiger partial charge < -0.3 is 15.6 Å². The molecule has 1 aromatic carbocycles. The number of aliphatic carboxylic acids is 1. The maximum absolute atomic E-state index is 10.6. The van der Waals surface area contributed by atoms with Gasteiger partial charge in [0.15, 0.2) is 0 Å². The van der Waals surface area contributed by atoms with Crippen LogP contribution in [-0.2, 0) is 4.79 Å². The minimum absolute atomic E-state index is 0.0380. The van der Waals surface area contributed by atoms with E-state index in [0.29, 0.717) is 5.75 Å². The van der Waals surface area contributed by atoms with Crippen molar-refractivity contribution in [3.63, 3.8) is 0 Å². The van der Waals surface area contributed by atoms with E-state index in [-0.39, 0.29) is 6.54 Å². The number of rotatable bonds is 4. The molecule has 0 aliphatic heterocycles. The van der Waals surface area contributed by atoms with Crippen molar-refractivity contribution in [1.82, 2.24) is 0 Å². The summed E-state index contributed by atoms with van der Waals surface area (Å²) in [6.45, 7) is 1.81. The first-order valence-electron chi connectivity index (χ1n) is 4.30. The Labute approximate surface area is 82.3 Å². The van der Waals surface area contributed by atoms with Crippen LogP contribution < -0.4 is 10.5 Å². The molecule has 0 saturated carbocycles. The summed E-state index contributed by atoms with van der Waals surface area (Å²) < 4.78 is 5.23. The maximum atomic E-state index is 10.6. The Hall–Kier alpha value is -1.55. The van der Waals surface area contributed by atoms with Crippen LogP contribution in [0.25, 0.3) is 0 Å². The molecule has 0 saturated heterocycles. The molecule has 4 nitrogen and oxygen atoms in total. The van der Waals surface area contributed by atoms with Gasteiger partial charge in [-0.05, 0) is 18.6 Å².